The van der Waals surface area contributed by atoms with Crippen molar-refractivity contribution in [2.75, 3.05) is 0 Å². The number of imide groups is 1. The van der Waals surface area contributed by atoms with E-state index in [0.717, 1.165) is 34.8 Å². The zero-order chi connectivity index (χ0) is 23.0. The highest BCUT2D eigenvalue weighted by molar-refractivity contribution is 6.08. The van der Waals surface area contributed by atoms with Crippen LogP contribution in [0.1, 0.15) is 53.8 Å². The predicted octanol–water partition coefficient (Wildman–Crippen LogP) is 3.34. The third kappa shape index (κ3) is 4.11. The van der Waals surface area contributed by atoms with Gasteiger partial charge in [-0.2, -0.15) is 10.1 Å². The monoisotopic (exact) mass is 443 g/mol. The topological polar surface area (TPSA) is 96.3 Å². The second-order valence-electron chi connectivity index (χ2n) is 8.81. The number of para-hydroxylation sites is 1. The van der Waals surface area contributed by atoms with Gasteiger partial charge < -0.3 is 5.32 Å². The summed E-state index contributed by atoms with van der Waals surface area (Å²) in [4.78, 5) is 38.9. The van der Waals surface area contributed by atoms with Crippen LogP contribution >= 0.6 is 0 Å². The van der Waals surface area contributed by atoms with Crippen molar-refractivity contribution < 1.29 is 14.4 Å². The van der Waals surface area contributed by atoms with Crippen molar-refractivity contribution in [2.45, 2.75) is 44.1 Å². The number of aromatic nitrogens is 2. The quantitative estimate of drug-likeness (QED) is 0.548. The smallest absolute Gasteiger partial charge is 0.322 e. The molecule has 1 saturated carbocycles. The van der Waals surface area contributed by atoms with Crippen LogP contribution in [0, 0.1) is 0 Å². The first-order chi connectivity index (χ1) is 15.9. The molecular weight excluding hydrogens is 418 g/mol. The van der Waals surface area contributed by atoms with E-state index in [1.165, 1.54) is 0 Å². The molecule has 168 valence electrons. The molecule has 0 radical (unpaired) electrons. The SMILES string of the molecule is C[C@]1(CCc2ccccc2)NC(=O)N(NC(=O)c2cc(C3CC3)nn2-c2ccccc2)C1=O. The standard InChI is InChI=1S/C25H25N5O3/c1-25(15-14-17-8-4-2-5-9-17)23(32)30(24(33)26-25)28-22(31)21-16-20(18-12-13-18)27-29(21)19-10-6-3-7-11-19/h2-11,16,18H,12-15H2,1H3,(H,26,33)(H,28,31)/t25-/m1/s1. The van der Waals surface area contributed by atoms with E-state index in [1.54, 1.807) is 17.7 Å². The summed E-state index contributed by atoms with van der Waals surface area (Å²) in [6.45, 7) is 1.68. The predicted molar refractivity (Wildman–Crippen MR) is 122 cm³/mol. The van der Waals surface area contributed by atoms with Crippen LogP contribution in [0.5, 0.6) is 0 Å². The molecule has 1 aliphatic carbocycles. The van der Waals surface area contributed by atoms with E-state index < -0.39 is 23.4 Å². The molecule has 2 aliphatic rings. The lowest BCUT2D eigenvalue weighted by Gasteiger charge is -2.21. The maximum Gasteiger partial charge on any atom is 0.344 e. The molecule has 3 aromatic rings. The van der Waals surface area contributed by atoms with Gasteiger partial charge in [0.25, 0.3) is 11.8 Å². The van der Waals surface area contributed by atoms with Gasteiger partial charge in [-0.25, -0.2) is 9.48 Å². The van der Waals surface area contributed by atoms with E-state index in [2.05, 4.69) is 15.8 Å². The highest BCUT2D eigenvalue weighted by atomic mass is 16.2. The van der Waals surface area contributed by atoms with Crippen molar-refractivity contribution in [1.82, 2.24) is 25.5 Å². The average Bonchev–Trinajstić information content (AvgIpc) is 3.55. The number of aryl methyl sites for hydroxylation is 1. The highest BCUT2D eigenvalue weighted by Crippen LogP contribution is 2.39. The summed E-state index contributed by atoms with van der Waals surface area (Å²) in [6, 6.07) is 20.2. The van der Waals surface area contributed by atoms with Crippen LogP contribution in [0.2, 0.25) is 0 Å². The minimum absolute atomic E-state index is 0.279. The Balaban J connectivity index is 1.34. The lowest BCUT2D eigenvalue weighted by atomic mass is 9.93. The number of hydrogen-bond acceptors (Lipinski definition) is 4. The summed E-state index contributed by atoms with van der Waals surface area (Å²) in [5.41, 5.74) is 4.33. The second-order valence-corrected chi connectivity index (χ2v) is 8.81. The molecule has 0 unspecified atom stereocenters. The van der Waals surface area contributed by atoms with Gasteiger partial charge in [-0.05, 0) is 56.4 Å². The number of nitrogens with one attached hydrogen (secondary N) is 2. The van der Waals surface area contributed by atoms with Gasteiger partial charge in [-0.15, -0.1) is 0 Å². The third-order valence-corrected chi connectivity index (χ3v) is 6.19. The lowest BCUT2D eigenvalue weighted by molar-refractivity contribution is -0.132. The Hall–Kier alpha value is -3.94. The molecule has 4 amide bonds. The van der Waals surface area contributed by atoms with Gasteiger partial charge in [-0.3, -0.25) is 15.0 Å². The molecule has 2 N–H and O–H groups in total. The van der Waals surface area contributed by atoms with Gasteiger partial charge in [0.15, 0.2) is 0 Å². The molecule has 1 aromatic heterocycles. The Kier molecular flexibility index (Phi) is 5.20. The molecule has 5 rings (SSSR count). The summed E-state index contributed by atoms with van der Waals surface area (Å²) in [7, 11) is 0. The normalized spacial score (nSPS) is 20.1. The van der Waals surface area contributed by atoms with E-state index in [-0.39, 0.29) is 5.69 Å². The van der Waals surface area contributed by atoms with Crippen molar-refractivity contribution in [1.29, 1.82) is 0 Å². The van der Waals surface area contributed by atoms with Crippen molar-refractivity contribution in [2.24, 2.45) is 0 Å². The minimum Gasteiger partial charge on any atom is -0.322 e. The van der Waals surface area contributed by atoms with Gasteiger partial charge in [0, 0.05) is 5.92 Å². The molecule has 0 spiro atoms. The van der Waals surface area contributed by atoms with Crippen molar-refractivity contribution >= 4 is 17.8 Å². The number of urea groups is 1. The van der Waals surface area contributed by atoms with Gasteiger partial charge in [0.1, 0.15) is 11.2 Å². The maximum absolute atomic E-state index is 13.2. The van der Waals surface area contributed by atoms with Crippen LogP contribution in [0.3, 0.4) is 0 Å². The Morgan fingerprint density at radius 1 is 1.09 bits per heavy atom. The summed E-state index contributed by atoms with van der Waals surface area (Å²) in [5.74, 6) is -0.696. The Labute approximate surface area is 191 Å². The highest BCUT2D eigenvalue weighted by Gasteiger charge is 2.48. The van der Waals surface area contributed by atoms with Gasteiger partial charge in [-0.1, -0.05) is 48.5 Å². The fourth-order valence-corrected chi connectivity index (χ4v) is 4.06. The zero-order valence-corrected chi connectivity index (χ0v) is 18.3. The van der Waals surface area contributed by atoms with Crippen LogP contribution in [0.25, 0.3) is 5.69 Å². The number of rotatable bonds is 7. The van der Waals surface area contributed by atoms with E-state index in [4.69, 9.17) is 0 Å². The van der Waals surface area contributed by atoms with Gasteiger partial charge in [0.05, 0.1) is 11.4 Å². The number of carbonyl (C=O) groups excluding carboxylic acids is 3. The largest absolute Gasteiger partial charge is 0.344 e. The summed E-state index contributed by atoms with van der Waals surface area (Å²) in [5, 5.41) is 8.14. The minimum atomic E-state index is -1.10. The number of hydrogen-bond donors (Lipinski definition) is 2. The van der Waals surface area contributed by atoms with Crippen molar-refractivity contribution in [3.8, 4) is 5.69 Å². The number of benzene rings is 2. The van der Waals surface area contributed by atoms with E-state index in [1.807, 2.05) is 60.7 Å². The number of hydrazine groups is 1. The summed E-state index contributed by atoms with van der Waals surface area (Å²) < 4.78 is 1.57. The van der Waals surface area contributed by atoms with E-state index >= 15 is 0 Å². The fraction of sp³-hybridized carbons (Fsp3) is 0.280. The average molecular weight is 444 g/mol. The molecular formula is C25H25N5O3. The van der Waals surface area contributed by atoms with Crippen molar-refractivity contribution in [3.63, 3.8) is 0 Å². The number of amides is 4. The first-order valence-electron chi connectivity index (χ1n) is 11.1. The molecule has 2 heterocycles. The van der Waals surface area contributed by atoms with E-state index in [0.29, 0.717) is 18.8 Å². The second kappa shape index (κ2) is 8.20. The molecule has 2 fully saturated rings. The van der Waals surface area contributed by atoms with Crippen LogP contribution in [-0.4, -0.2) is 38.2 Å². The molecule has 1 atom stereocenters. The first-order valence-corrected chi connectivity index (χ1v) is 11.1. The van der Waals surface area contributed by atoms with Crippen LogP contribution in [-0.2, 0) is 11.2 Å². The van der Waals surface area contributed by atoms with Crippen LogP contribution < -0.4 is 10.7 Å². The molecule has 8 nitrogen and oxygen atoms in total. The molecule has 33 heavy (non-hydrogen) atoms. The first kappa shape index (κ1) is 20.9. The van der Waals surface area contributed by atoms with Crippen LogP contribution in [0.15, 0.2) is 66.7 Å². The Morgan fingerprint density at radius 2 is 1.76 bits per heavy atom. The zero-order valence-electron chi connectivity index (χ0n) is 18.3. The van der Waals surface area contributed by atoms with Crippen LogP contribution in [0.4, 0.5) is 4.79 Å². The maximum atomic E-state index is 13.2. The van der Waals surface area contributed by atoms with Gasteiger partial charge >= 0.3 is 6.03 Å². The molecule has 1 saturated heterocycles. The number of carbonyl (C=O) groups is 3. The summed E-state index contributed by atoms with van der Waals surface area (Å²) >= 11 is 0. The molecule has 0 bridgehead atoms. The fourth-order valence-electron chi connectivity index (χ4n) is 4.06. The van der Waals surface area contributed by atoms with E-state index in [9.17, 15) is 14.4 Å². The molecule has 8 heteroatoms. The Morgan fingerprint density at radius 3 is 2.42 bits per heavy atom. The van der Waals surface area contributed by atoms with Gasteiger partial charge in [0.2, 0.25) is 0 Å². The third-order valence-electron chi connectivity index (χ3n) is 6.19. The summed E-state index contributed by atoms with van der Waals surface area (Å²) in [6.07, 6.45) is 3.12. The Bertz CT molecular complexity index is 1200. The molecule has 1 aliphatic heterocycles. The van der Waals surface area contributed by atoms with Crippen molar-refractivity contribution in [3.05, 3.63) is 83.7 Å². The number of nitrogens with zero attached hydrogens (tertiary/aromatic N) is 3. The lowest BCUT2D eigenvalue weighted by Crippen LogP contribution is -2.49. The molecule has 2 aromatic carbocycles.